The molecule has 0 aliphatic carbocycles. The molecule has 1 heterocycles. The molecule has 2 rings (SSSR count). The molecule has 90 valence electrons. The Labute approximate surface area is 110 Å². The summed E-state index contributed by atoms with van der Waals surface area (Å²) in [7, 11) is 1.93. The largest absolute Gasteiger partial charge is 0.329 e. The van der Waals surface area contributed by atoms with Crippen LogP contribution in [0, 0.1) is 0 Å². The molecule has 0 radical (unpaired) electrons. The third-order valence-corrected chi connectivity index (χ3v) is 3.70. The van der Waals surface area contributed by atoms with Gasteiger partial charge in [0.15, 0.2) is 5.15 Å². The normalized spacial score (nSPS) is 10.8. The summed E-state index contributed by atoms with van der Waals surface area (Å²) in [6.07, 6.45) is 2.05. The molecule has 0 saturated heterocycles. The van der Waals surface area contributed by atoms with Crippen LogP contribution in [-0.4, -0.2) is 15.8 Å². The van der Waals surface area contributed by atoms with Gasteiger partial charge in [-0.3, -0.25) is 0 Å². The fraction of sp³-hybridized carbons (Fsp3) is 0.250. The van der Waals surface area contributed by atoms with Crippen molar-refractivity contribution in [1.29, 1.82) is 0 Å². The number of imidazole rings is 1. The van der Waals surface area contributed by atoms with Gasteiger partial charge in [-0.25, -0.2) is 4.98 Å². The van der Waals surface area contributed by atoms with Crippen LogP contribution in [-0.2, 0) is 13.6 Å². The maximum atomic E-state index is 6.14. The van der Waals surface area contributed by atoms with Crippen molar-refractivity contribution in [3.05, 3.63) is 35.2 Å². The van der Waals surface area contributed by atoms with E-state index in [0.717, 1.165) is 17.1 Å². The molecule has 1 aromatic carbocycles. The number of rotatable bonds is 3. The fourth-order valence-electron chi connectivity index (χ4n) is 1.75. The maximum Gasteiger partial charge on any atom is 0.155 e. The Kier molecular flexibility index (Phi) is 3.76. The monoisotopic (exact) mass is 267 g/mol. The molecule has 0 amide bonds. The van der Waals surface area contributed by atoms with Crippen molar-refractivity contribution in [2.75, 3.05) is 6.26 Å². The standard InChI is InChI=1S/C12H14ClN3S/c1-16-10(7-14)15-12(13)11(16)8-3-5-9(17-2)6-4-8/h3-6H,7,14H2,1-2H3. The van der Waals surface area contributed by atoms with E-state index in [9.17, 15) is 0 Å². The second-order valence-corrected chi connectivity index (χ2v) is 4.90. The van der Waals surface area contributed by atoms with Crippen LogP contribution in [0.1, 0.15) is 5.82 Å². The van der Waals surface area contributed by atoms with E-state index in [1.807, 2.05) is 11.6 Å². The van der Waals surface area contributed by atoms with Gasteiger partial charge in [-0.15, -0.1) is 11.8 Å². The lowest BCUT2D eigenvalue weighted by atomic mass is 10.2. The van der Waals surface area contributed by atoms with Gasteiger partial charge in [-0.05, 0) is 18.4 Å². The first-order valence-corrected chi connectivity index (χ1v) is 6.83. The van der Waals surface area contributed by atoms with Gasteiger partial charge in [0.05, 0.1) is 12.2 Å². The molecule has 5 heteroatoms. The number of halogens is 1. The molecule has 0 aliphatic rings. The van der Waals surface area contributed by atoms with Crippen LogP contribution in [0.3, 0.4) is 0 Å². The molecule has 0 fully saturated rings. The van der Waals surface area contributed by atoms with Gasteiger partial charge in [0, 0.05) is 17.5 Å². The van der Waals surface area contributed by atoms with E-state index in [4.69, 9.17) is 17.3 Å². The van der Waals surface area contributed by atoms with Gasteiger partial charge in [0.25, 0.3) is 0 Å². The van der Waals surface area contributed by atoms with Crippen molar-refractivity contribution < 1.29 is 0 Å². The molecule has 1 aromatic heterocycles. The molecule has 0 aliphatic heterocycles. The Morgan fingerprint density at radius 1 is 1.35 bits per heavy atom. The van der Waals surface area contributed by atoms with Crippen molar-refractivity contribution in [3.8, 4) is 11.3 Å². The second-order valence-electron chi connectivity index (χ2n) is 3.66. The zero-order valence-corrected chi connectivity index (χ0v) is 11.3. The summed E-state index contributed by atoms with van der Waals surface area (Å²) in [6.45, 7) is 0.388. The topological polar surface area (TPSA) is 43.8 Å². The van der Waals surface area contributed by atoms with Crippen molar-refractivity contribution in [2.45, 2.75) is 11.4 Å². The SMILES string of the molecule is CSc1ccc(-c2c(Cl)nc(CN)n2C)cc1. The Bertz CT molecular complexity index is 519. The van der Waals surface area contributed by atoms with Crippen LogP contribution in [0.25, 0.3) is 11.3 Å². The quantitative estimate of drug-likeness (QED) is 0.870. The minimum Gasteiger partial charge on any atom is -0.329 e. The number of hydrogen-bond donors (Lipinski definition) is 1. The van der Waals surface area contributed by atoms with E-state index in [2.05, 4.69) is 35.5 Å². The molecule has 0 unspecified atom stereocenters. The Morgan fingerprint density at radius 2 is 2.00 bits per heavy atom. The number of thioether (sulfide) groups is 1. The Balaban J connectivity index is 2.48. The van der Waals surface area contributed by atoms with Crippen molar-refractivity contribution in [3.63, 3.8) is 0 Å². The third kappa shape index (κ3) is 2.34. The van der Waals surface area contributed by atoms with E-state index in [-0.39, 0.29) is 0 Å². The summed E-state index contributed by atoms with van der Waals surface area (Å²) in [6, 6.07) is 8.25. The van der Waals surface area contributed by atoms with Crippen LogP contribution in [0.15, 0.2) is 29.2 Å². The summed E-state index contributed by atoms with van der Waals surface area (Å²) in [5.74, 6) is 0.791. The van der Waals surface area contributed by atoms with Crippen molar-refractivity contribution in [2.24, 2.45) is 12.8 Å². The molecular formula is C12H14ClN3S. The molecule has 17 heavy (non-hydrogen) atoms. The zero-order valence-electron chi connectivity index (χ0n) is 9.77. The third-order valence-electron chi connectivity index (χ3n) is 2.69. The summed E-state index contributed by atoms with van der Waals surface area (Å²) in [5.41, 5.74) is 7.59. The van der Waals surface area contributed by atoms with Crippen molar-refractivity contribution in [1.82, 2.24) is 9.55 Å². The minimum atomic E-state index is 0.388. The van der Waals surface area contributed by atoms with Crippen LogP contribution >= 0.6 is 23.4 Å². The first kappa shape index (κ1) is 12.5. The molecule has 0 spiro atoms. The summed E-state index contributed by atoms with van der Waals surface area (Å²) >= 11 is 7.86. The van der Waals surface area contributed by atoms with Gasteiger partial charge >= 0.3 is 0 Å². The average molecular weight is 268 g/mol. The van der Waals surface area contributed by atoms with E-state index in [0.29, 0.717) is 11.7 Å². The lowest BCUT2D eigenvalue weighted by Gasteiger charge is -2.06. The fourth-order valence-corrected chi connectivity index (χ4v) is 2.49. The highest BCUT2D eigenvalue weighted by Gasteiger charge is 2.13. The second kappa shape index (κ2) is 5.12. The van der Waals surface area contributed by atoms with E-state index in [1.54, 1.807) is 11.8 Å². The summed E-state index contributed by atoms with van der Waals surface area (Å²) < 4.78 is 1.94. The van der Waals surface area contributed by atoms with Crippen LogP contribution in [0.4, 0.5) is 0 Å². The van der Waals surface area contributed by atoms with E-state index < -0.39 is 0 Å². The predicted molar refractivity (Wildman–Crippen MR) is 73.3 cm³/mol. The van der Waals surface area contributed by atoms with Gasteiger partial charge in [-0.1, -0.05) is 23.7 Å². The highest BCUT2D eigenvalue weighted by atomic mass is 35.5. The van der Waals surface area contributed by atoms with E-state index >= 15 is 0 Å². The average Bonchev–Trinajstić information content (AvgIpc) is 2.64. The lowest BCUT2D eigenvalue weighted by Crippen LogP contribution is -2.05. The molecule has 0 bridgehead atoms. The maximum absolute atomic E-state index is 6.14. The number of nitrogens with two attached hydrogens (primary N) is 1. The highest BCUT2D eigenvalue weighted by Crippen LogP contribution is 2.29. The predicted octanol–water partition coefficient (Wildman–Crippen LogP) is 2.92. The molecule has 3 nitrogen and oxygen atoms in total. The lowest BCUT2D eigenvalue weighted by molar-refractivity contribution is 0.799. The molecular weight excluding hydrogens is 254 g/mol. The Morgan fingerprint density at radius 3 is 2.47 bits per heavy atom. The molecule has 2 N–H and O–H groups in total. The molecule has 2 aromatic rings. The van der Waals surface area contributed by atoms with Gasteiger partial charge in [0.1, 0.15) is 5.82 Å². The van der Waals surface area contributed by atoms with E-state index in [1.165, 1.54) is 4.90 Å². The summed E-state index contributed by atoms with van der Waals surface area (Å²) in [5, 5.41) is 0.504. The smallest absolute Gasteiger partial charge is 0.155 e. The number of hydrogen-bond acceptors (Lipinski definition) is 3. The first-order chi connectivity index (χ1) is 8.17. The Hall–Kier alpha value is -0.970. The first-order valence-electron chi connectivity index (χ1n) is 5.23. The molecule has 0 atom stereocenters. The van der Waals surface area contributed by atoms with Gasteiger partial charge in [0.2, 0.25) is 0 Å². The number of aromatic nitrogens is 2. The van der Waals surface area contributed by atoms with Gasteiger partial charge < -0.3 is 10.3 Å². The number of benzene rings is 1. The van der Waals surface area contributed by atoms with Crippen LogP contribution in [0.2, 0.25) is 5.15 Å². The summed E-state index contributed by atoms with van der Waals surface area (Å²) in [4.78, 5) is 5.47. The van der Waals surface area contributed by atoms with Crippen LogP contribution < -0.4 is 5.73 Å². The highest BCUT2D eigenvalue weighted by molar-refractivity contribution is 7.98. The molecule has 0 saturated carbocycles. The zero-order chi connectivity index (χ0) is 12.4. The minimum absolute atomic E-state index is 0.388. The van der Waals surface area contributed by atoms with Gasteiger partial charge in [-0.2, -0.15) is 0 Å². The number of nitrogens with zero attached hydrogens (tertiary/aromatic N) is 2. The van der Waals surface area contributed by atoms with Crippen molar-refractivity contribution >= 4 is 23.4 Å². The van der Waals surface area contributed by atoms with Crippen LogP contribution in [0.5, 0.6) is 0 Å².